The summed E-state index contributed by atoms with van der Waals surface area (Å²) in [5.41, 5.74) is 0.537. The maximum Gasteiger partial charge on any atom is 0.243 e. The molecule has 2 amide bonds. The molecule has 3 rings (SSSR count). The molecule has 0 spiro atoms. The van der Waals surface area contributed by atoms with Gasteiger partial charge in [0.1, 0.15) is 0 Å². The molecule has 9 heteroatoms. The number of anilines is 1. The third-order valence-corrected chi connectivity index (χ3v) is 6.87. The molecule has 0 saturated carbocycles. The van der Waals surface area contributed by atoms with Gasteiger partial charge < -0.3 is 10.2 Å². The highest BCUT2D eigenvalue weighted by molar-refractivity contribution is 8.00. The van der Waals surface area contributed by atoms with E-state index in [9.17, 15) is 18.0 Å². The van der Waals surface area contributed by atoms with Gasteiger partial charge in [-0.1, -0.05) is 0 Å². The van der Waals surface area contributed by atoms with Gasteiger partial charge >= 0.3 is 0 Å². The first-order valence-corrected chi connectivity index (χ1v) is 9.63. The van der Waals surface area contributed by atoms with Crippen LogP contribution in [-0.4, -0.2) is 61.4 Å². The van der Waals surface area contributed by atoms with Crippen LogP contribution in [-0.2, 0) is 19.6 Å². The van der Waals surface area contributed by atoms with Crippen LogP contribution in [0.25, 0.3) is 0 Å². The summed E-state index contributed by atoms with van der Waals surface area (Å²) in [6.45, 7) is 2.83. The second kappa shape index (κ2) is 6.14. The van der Waals surface area contributed by atoms with Gasteiger partial charge in [0, 0.05) is 38.0 Å². The van der Waals surface area contributed by atoms with Crippen molar-refractivity contribution in [2.45, 2.75) is 16.7 Å². The minimum atomic E-state index is -3.63. The Morgan fingerprint density at radius 3 is 2.57 bits per heavy atom. The largest absolute Gasteiger partial charge is 0.340 e. The Morgan fingerprint density at radius 2 is 1.91 bits per heavy atom. The summed E-state index contributed by atoms with van der Waals surface area (Å²) >= 11 is 1.39. The van der Waals surface area contributed by atoms with Crippen molar-refractivity contribution >= 4 is 39.3 Å². The molecular weight excluding hydrogens is 338 g/mol. The van der Waals surface area contributed by atoms with Gasteiger partial charge in [-0.2, -0.15) is 4.31 Å². The van der Waals surface area contributed by atoms with E-state index in [1.807, 2.05) is 0 Å². The molecule has 2 aliphatic heterocycles. The van der Waals surface area contributed by atoms with Crippen molar-refractivity contribution < 1.29 is 18.0 Å². The van der Waals surface area contributed by atoms with Crippen LogP contribution in [0.15, 0.2) is 28.0 Å². The Balaban J connectivity index is 1.82. The molecule has 1 aromatic carbocycles. The smallest absolute Gasteiger partial charge is 0.243 e. The Kier molecular flexibility index (Phi) is 4.35. The first kappa shape index (κ1) is 16.3. The van der Waals surface area contributed by atoms with Crippen LogP contribution in [0.2, 0.25) is 0 Å². The van der Waals surface area contributed by atoms with Crippen molar-refractivity contribution in [2.24, 2.45) is 0 Å². The van der Waals surface area contributed by atoms with E-state index in [-0.39, 0.29) is 29.8 Å². The molecular formula is C14H17N3O4S2. The molecule has 1 fully saturated rings. The van der Waals surface area contributed by atoms with Crippen LogP contribution in [0, 0.1) is 0 Å². The van der Waals surface area contributed by atoms with E-state index in [1.165, 1.54) is 29.1 Å². The van der Waals surface area contributed by atoms with E-state index in [0.717, 1.165) is 4.90 Å². The molecule has 124 valence electrons. The number of rotatable bonds is 2. The van der Waals surface area contributed by atoms with E-state index in [2.05, 4.69) is 5.32 Å². The maximum absolute atomic E-state index is 12.7. The summed E-state index contributed by atoms with van der Waals surface area (Å²) in [7, 11) is -3.63. The summed E-state index contributed by atoms with van der Waals surface area (Å²) < 4.78 is 26.8. The average molecular weight is 355 g/mol. The third kappa shape index (κ3) is 3.22. The number of thioether (sulfide) groups is 1. The van der Waals surface area contributed by atoms with Crippen molar-refractivity contribution in [1.82, 2.24) is 9.21 Å². The quantitative estimate of drug-likeness (QED) is 0.839. The average Bonchev–Trinajstić information content (AvgIpc) is 2.54. The lowest BCUT2D eigenvalue weighted by atomic mass is 10.3. The number of piperazine rings is 1. The molecule has 1 N–H and O–H groups in total. The van der Waals surface area contributed by atoms with Gasteiger partial charge in [0.2, 0.25) is 21.8 Å². The van der Waals surface area contributed by atoms with Gasteiger partial charge in [-0.25, -0.2) is 8.42 Å². The Bertz CT molecular complexity index is 755. The zero-order chi connectivity index (χ0) is 16.6. The van der Waals surface area contributed by atoms with Crippen molar-refractivity contribution in [3.8, 4) is 0 Å². The lowest BCUT2D eigenvalue weighted by Crippen LogP contribution is -2.49. The van der Waals surface area contributed by atoms with Crippen molar-refractivity contribution in [3.05, 3.63) is 18.2 Å². The number of nitrogens with one attached hydrogen (secondary N) is 1. The van der Waals surface area contributed by atoms with E-state index >= 15 is 0 Å². The second-order valence-corrected chi connectivity index (χ2v) is 8.36. The van der Waals surface area contributed by atoms with Gasteiger partial charge in [-0.15, -0.1) is 11.8 Å². The second-order valence-electron chi connectivity index (χ2n) is 5.40. The fourth-order valence-electron chi connectivity index (χ4n) is 2.62. The lowest BCUT2D eigenvalue weighted by molar-refractivity contribution is -0.130. The summed E-state index contributed by atoms with van der Waals surface area (Å²) in [5, 5.41) is 2.70. The van der Waals surface area contributed by atoms with E-state index in [4.69, 9.17) is 0 Å². The van der Waals surface area contributed by atoms with E-state index in [1.54, 1.807) is 17.0 Å². The number of hydrogen-bond acceptors (Lipinski definition) is 5. The summed E-state index contributed by atoms with van der Waals surface area (Å²) in [6.07, 6.45) is 0. The van der Waals surface area contributed by atoms with Crippen molar-refractivity contribution in [1.29, 1.82) is 0 Å². The number of carbonyl (C=O) groups excluding carboxylic acids is 2. The minimum absolute atomic E-state index is 0.0458. The fraction of sp³-hybridized carbons (Fsp3) is 0.429. The van der Waals surface area contributed by atoms with Crippen LogP contribution in [0.1, 0.15) is 6.92 Å². The number of nitrogens with zero attached hydrogens (tertiary/aromatic N) is 2. The molecule has 1 aromatic rings. The molecule has 0 atom stereocenters. The summed E-state index contributed by atoms with van der Waals surface area (Å²) in [5.74, 6) is 0.161. The van der Waals surface area contributed by atoms with Crippen molar-refractivity contribution in [2.75, 3.05) is 37.2 Å². The Labute approximate surface area is 139 Å². The maximum atomic E-state index is 12.7. The molecule has 2 heterocycles. The topological polar surface area (TPSA) is 86.8 Å². The first-order chi connectivity index (χ1) is 10.9. The molecule has 0 aromatic heterocycles. The van der Waals surface area contributed by atoms with Gasteiger partial charge in [0.05, 0.1) is 16.3 Å². The van der Waals surface area contributed by atoms with E-state index in [0.29, 0.717) is 24.5 Å². The van der Waals surface area contributed by atoms with Crippen molar-refractivity contribution in [3.63, 3.8) is 0 Å². The number of amides is 2. The first-order valence-electron chi connectivity index (χ1n) is 7.20. The summed E-state index contributed by atoms with van der Waals surface area (Å²) in [4.78, 5) is 25.5. The molecule has 23 heavy (non-hydrogen) atoms. The van der Waals surface area contributed by atoms with Crippen LogP contribution in [0.4, 0.5) is 5.69 Å². The highest BCUT2D eigenvalue weighted by Crippen LogP contribution is 2.33. The predicted molar refractivity (Wildman–Crippen MR) is 86.8 cm³/mol. The van der Waals surface area contributed by atoms with Gasteiger partial charge in [-0.05, 0) is 18.2 Å². The third-order valence-electron chi connectivity index (χ3n) is 3.91. The minimum Gasteiger partial charge on any atom is -0.340 e. The monoisotopic (exact) mass is 355 g/mol. The highest BCUT2D eigenvalue weighted by atomic mass is 32.2. The van der Waals surface area contributed by atoms with Crippen LogP contribution in [0.5, 0.6) is 0 Å². The van der Waals surface area contributed by atoms with Crippen LogP contribution in [0.3, 0.4) is 0 Å². The molecule has 1 saturated heterocycles. The van der Waals surface area contributed by atoms with Crippen LogP contribution >= 0.6 is 11.8 Å². The fourth-order valence-corrected chi connectivity index (χ4v) is 4.85. The molecule has 0 aliphatic carbocycles. The van der Waals surface area contributed by atoms with Gasteiger partial charge in [0.15, 0.2) is 0 Å². The van der Waals surface area contributed by atoms with E-state index < -0.39 is 10.0 Å². The molecule has 7 nitrogen and oxygen atoms in total. The van der Waals surface area contributed by atoms with Gasteiger partial charge in [-0.3, -0.25) is 9.59 Å². The number of benzene rings is 1. The number of carbonyl (C=O) groups is 2. The SMILES string of the molecule is CC(=O)N1CCN(S(=O)(=O)c2ccc3c(c2)NC(=O)CS3)CC1. The normalized spacial score (nSPS) is 19.2. The number of hydrogen-bond donors (Lipinski definition) is 1. The zero-order valence-corrected chi connectivity index (χ0v) is 14.2. The standard InChI is InChI=1S/C14H17N3O4S2/c1-10(18)16-4-6-17(7-5-16)23(20,21)11-2-3-13-12(8-11)15-14(19)9-22-13/h2-3,8H,4-7,9H2,1H3,(H,15,19). The molecule has 0 bridgehead atoms. The predicted octanol–water partition coefficient (Wildman–Crippen LogP) is 0.584. The lowest BCUT2D eigenvalue weighted by Gasteiger charge is -2.33. The number of sulfonamides is 1. The molecule has 0 unspecified atom stereocenters. The Hall–Kier alpha value is -1.58. The van der Waals surface area contributed by atoms with Gasteiger partial charge in [0.25, 0.3) is 0 Å². The highest BCUT2D eigenvalue weighted by Gasteiger charge is 2.30. The van der Waals surface area contributed by atoms with Crippen LogP contribution < -0.4 is 5.32 Å². The molecule has 0 radical (unpaired) electrons. The summed E-state index contributed by atoms with van der Waals surface area (Å²) in [6, 6.07) is 4.79. The Morgan fingerprint density at radius 1 is 1.22 bits per heavy atom. The zero-order valence-electron chi connectivity index (χ0n) is 12.6. The molecule has 2 aliphatic rings. The number of fused-ring (bicyclic) bond motifs is 1.